The Morgan fingerprint density at radius 1 is 0.743 bits per heavy atom. The fourth-order valence-corrected chi connectivity index (χ4v) is 8.14. The highest BCUT2D eigenvalue weighted by Gasteiger charge is 2.65. The van der Waals surface area contributed by atoms with E-state index in [-0.39, 0.29) is 17.0 Å². The first-order chi connectivity index (χ1) is 16.9. The van der Waals surface area contributed by atoms with E-state index in [9.17, 15) is 0 Å². The Bertz CT molecular complexity index is 1200. The van der Waals surface area contributed by atoms with Gasteiger partial charge >= 0.3 is 0 Å². The topological polar surface area (TPSA) is 6.48 Å². The van der Waals surface area contributed by atoms with Gasteiger partial charge in [0.2, 0.25) is 0 Å². The van der Waals surface area contributed by atoms with Crippen LogP contribution in [0.5, 0.6) is 0 Å². The van der Waals surface area contributed by atoms with E-state index in [0.29, 0.717) is 18.0 Å². The molecule has 1 saturated carbocycles. The molecule has 0 spiro atoms. The van der Waals surface area contributed by atoms with Gasteiger partial charge in [0, 0.05) is 28.2 Å². The van der Waals surface area contributed by atoms with Crippen molar-refractivity contribution in [2.24, 2.45) is 11.3 Å². The molecule has 2 fully saturated rings. The number of aryl methyl sites for hydroxylation is 1. The first-order valence-electron chi connectivity index (χ1n) is 13.6. The van der Waals surface area contributed by atoms with Gasteiger partial charge in [0.15, 0.2) is 0 Å². The highest BCUT2D eigenvalue weighted by molar-refractivity contribution is 5.75. The molecule has 182 valence electrons. The Kier molecular flexibility index (Phi) is 5.29. The van der Waals surface area contributed by atoms with Gasteiger partial charge in [-0.25, -0.2) is 0 Å². The summed E-state index contributed by atoms with van der Waals surface area (Å²) in [6.07, 6.45) is 5.64. The SMILES string of the molecule is Cc1ccccc1N1C(C(C)(C)C)N2c3ccccc3C(c3ccccc3)(C3CCCC3)C2[C@@H]1C. The summed E-state index contributed by atoms with van der Waals surface area (Å²) in [7, 11) is 0. The Balaban J connectivity index is 1.66. The molecule has 0 N–H and O–H groups in total. The average Bonchev–Trinajstić information content (AvgIpc) is 3.55. The van der Waals surface area contributed by atoms with E-state index in [0.717, 1.165) is 0 Å². The normalized spacial score (nSPS) is 28.4. The van der Waals surface area contributed by atoms with E-state index >= 15 is 0 Å². The Morgan fingerprint density at radius 2 is 1.34 bits per heavy atom. The largest absolute Gasteiger partial charge is 0.346 e. The molecule has 1 aliphatic carbocycles. The first-order valence-corrected chi connectivity index (χ1v) is 13.6. The molecule has 3 aliphatic rings. The van der Waals surface area contributed by atoms with Gasteiger partial charge in [-0.2, -0.15) is 0 Å². The van der Waals surface area contributed by atoms with E-state index < -0.39 is 0 Å². The summed E-state index contributed by atoms with van der Waals surface area (Å²) in [6, 6.07) is 30.8. The smallest absolute Gasteiger partial charge is 0.107 e. The predicted molar refractivity (Wildman–Crippen MR) is 148 cm³/mol. The van der Waals surface area contributed by atoms with Gasteiger partial charge in [-0.15, -0.1) is 0 Å². The maximum atomic E-state index is 2.86. The number of hydrogen-bond acceptors (Lipinski definition) is 2. The molecule has 35 heavy (non-hydrogen) atoms. The molecule has 0 bridgehead atoms. The van der Waals surface area contributed by atoms with Gasteiger partial charge in [-0.3, -0.25) is 0 Å². The van der Waals surface area contributed by atoms with Crippen LogP contribution in [0.2, 0.25) is 0 Å². The summed E-state index contributed by atoms with van der Waals surface area (Å²) in [4.78, 5) is 5.64. The van der Waals surface area contributed by atoms with Crippen molar-refractivity contribution >= 4 is 11.4 Å². The lowest BCUT2D eigenvalue weighted by molar-refractivity contribution is 0.270. The summed E-state index contributed by atoms with van der Waals surface area (Å²) in [5.41, 5.74) is 7.38. The predicted octanol–water partition coefficient (Wildman–Crippen LogP) is 7.94. The molecular formula is C33H40N2. The van der Waals surface area contributed by atoms with Crippen LogP contribution in [0.25, 0.3) is 0 Å². The second kappa shape index (κ2) is 8.15. The lowest BCUT2D eigenvalue weighted by Crippen LogP contribution is -2.53. The molecule has 6 rings (SSSR count). The van der Waals surface area contributed by atoms with Gasteiger partial charge in [0.25, 0.3) is 0 Å². The number of rotatable bonds is 3. The van der Waals surface area contributed by atoms with E-state index in [2.05, 4.69) is 123 Å². The summed E-state index contributed by atoms with van der Waals surface area (Å²) in [5.74, 6) is 0.668. The lowest BCUT2D eigenvalue weighted by atomic mass is 9.61. The number of fused-ring (bicyclic) bond motifs is 3. The molecule has 2 heterocycles. The Morgan fingerprint density at radius 3 is 2.00 bits per heavy atom. The third-order valence-electron chi connectivity index (χ3n) is 9.24. The second-order valence-electron chi connectivity index (χ2n) is 12.3. The number of para-hydroxylation sites is 2. The highest BCUT2D eigenvalue weighted by atomic mass is 15.5. The summed E-state index contributed by atoms with van der Waals surface area (Å²) in [5, 5.41) is 0. The zero-order valence-corrected chi connectivity index (χ0v) is 22.0. The van der Waals surface area contributed by atoms with Gasteiger partial charge in [-0.05, 0) is 61.4 Å². The zero-order valence-electron chi connectivity index (χ0n) is 22.0. The molecule has 0 radical (unpaired) electrons. The van der Waals surface area contributed by atoms with Crippen molar-refractivity contribution in [3.8, 4) is 0 Å². The minimum atomic E-state index is 0.00864. The highest BCUT2D eigenvalue weighted by Crippen LogP contribution is 2.62. The van der Waals surface area contributed by atoms with Crippen LogP contribution in [-0.2, 0) is 5.41 Å². The maximum Gasteiger partial charge on any atom is 0.107 e. The fourth-order valence-electron chi connectivity index (χ4n) is 8.14. The molecule has 4 atom stereocenters. The van der Waals surface area contributed by atoms with Crippen LogP contribution in [0.3, 0.4) is 0 Å². The van der Waals surface area contributed by atoms with Crippen molar-refractivity contribution in [2.45, 2.75) is 84.0 Å². The van der Waals surface area contributed by atoms with Gasteiger partial charge < -0.3 is 9.80 Å². The molecule has 0 aromatic heterocycles. The number of hydrogen-bond donors (Lipinski definition) is 0. The minimum absolute atomic E-state index is 0.00864. The molecular weight excluding hydrogens is 424 g/mol. The number of benzene rings is 3. The van der Waals surface area contributed by atoms with E-state index in [1.54, 1.807) is 5.56 Å². The minimum Gasteiger partial charge on any atom is -0.346 e. The van der Waals surface area contributed by atoms with Crippen LogP contribution < -0.4 is 9.80 Å². The summed E-state index contributed by atoms with van der Waals surface area (Å²) >= 11 is 0. The standard InChI is InChI=1S/C33H40N2/c1-23-15-9-13-21-28(23)34-24(2)30-33(26-18-10-11-19-26,25-16-7-6-8-17-25)27-20-12-14-22-29(27)35(30)31(34)32(3,4)5/h6-9,12-17,20-22,24,26,30-31H,10-11,18-19H2,1-5H3/t24-,30?,31?,33?/m0/s1. The van der Waals surface area contributed by atoms with Crippen molar-refractivity contribution in [2.75, 3.05) is 9.80 Å². The van der Waals surface area contributed by atoms with E-state index in [1.165, 1.54) is 48.2 Å². The van der Waals surface area contributed by atoms with Crippen LogP contribution >= 0.6 is 0 Å². The molecule has 0 amide bonds. The third kappa shape index (κ3) is 3.14. The molecule has 2 aliphatic heterocycles. The van der Waals surface area contributed by atoms with Crippen molar-refractivity contribution in [1.29, 1.82) is 0 Å². The van der Waals surface area contributed by atoms with Crippen LogP contribution in [-0.4, -0.2) is 18.2 Å². The molecule has 3 aromatic rings. The van der Waals surface area contributed by atoms with E-state index in [1.807, 2.05) is 0 Å². The van der Waals surface area contributed by atoms with Crippen molar-refractivity contribution in [3.63, 3.8) is 0 Å². The number of anilines is 2. The molecule has 2 nitrogen and oxygen atoms in total. The average molecular weight is 465 g/mol. The molecule has 1 saturated heterocycles. The number of nitrogens with zero attached hydrogens (tertiary/aromatic N) is 2. The molecule has 2 heteroatoms. The van der Waals surface area contributed by atoms with E-state index in [4.69, 9.17) is 0 Å². The van der Waals surface area contributed by atoms with Crippen molar-refractivity contribution in [3.05, 3.63) is 95.6 Å². The summed E-state index contributed by atoms with van der Waals surface area (Å²) < 4.78 is 0. The third-order valence-corrected chi connectivity index (χ3v) is 9.24. The van der Waals surface area contributed by atoms with Crippen molar-refractivity contribution < 1.29 is 0 Å². The Hall–Kier alpha value is -2.74. The molecule has 3 unspecified atom stereocenters. The van der Waals surface area contributed by atoms with Crippen LogP contribution in [0, 0.1) is 18.3 Å². The van der Waals surface area contributed by atoms with Gasteiger partial charge in [0.05, 0.1) is 6.04 Å². The quantitative estimate of drug-likeness (QED) is 0.388. The van der Waals surface area contributed by atoms with Crippen LogP contribution in [0.15, 0.2) is 78.9 Å². The maximum absolute atomic E-state index is 2.86. The first kappa shape index (κ1) is 22.7. The molecule has 3 aromatic carbocycles. The van der Waals surface area contributed by atoms with Crippen LogP contribution in [0.4, 0.5) is 11.4 Å². The lowest BCUT2D eigenvalue weighted by Gasteiger charge is -2.44. The summed E-state index contributed by atoms with van der Waals surface area (Å²) in [6.45, 7) is 12.1. The Labute approximate surface area is 212 Å². The fraction of sp³-hybridized carbons (Fsp3) is 0.455. The van der Waals surface area contributed by atoms with Gasteiger partial charge in [0.1, 0.15) is 6.17 Å². The second-order valence-corrected chi connectivity index (χ2v) is 12.3. The van der Waals surface area contributed by atoms with Crippen LogP contribution in [0.1, 0.15) is 70.1 Å². The zero-order chi connectivity index (χ0) is 24.4. The monoisotopic (exact) mass is 464 g/mol. The van der Waals surface area contributed by atoms with Gasteiger partial charge in [-0.1, -0.05) is 100 Å². The van der Waals surface area contributed by atoms with Crippen molar-refractivity contribution in [1.82, 2.24) is 0 Å².